The van der Waals surface area contributed by atoms with Gasteiger partial charge < -0.3 is 5.11 Å². The molecule has 0 radical (unpaired) electrons. The van der Waals surface area contributed by atoms with Crippen molar-refractivity contribution in [2.75, 3.05) is 0 Å². The zero-order valence-electron chi connectivity index (χ0n) is 15.4. The molecule has 1 N–H and O–H groups in total. The lowest BCUT2D eigenvalue weighted by Gasteiger charge is -2.04. The topological polar surface area (TPSA) is 279 Å². The van der Waals surface area contributed by atoms with Crippen LogP contribution in [0.4, 0.5) is 34.1 Å². The molecule has 2 aromatic carbocycles. The van der Waals surface area contributed by atoms with Gasteiger partial charge in [0, 0.05) is 0 Å². The Hall–Kier alpha value is -5.62. The van der Waals surface area contributed by atoms with Crippen LogP contribution >= 0.6 is 0 Å². The first kappa shape index (κ1) is 23.7. The summed E-state index contributed by atoms with van der Waals surface area (Å²) in [4.78, 5) is 59.5. The van der Waals surface area contributed by atoms with E-state index in [1.54, 1.807) is 0 Å². The Morgan fingerprint density at radius 1 is 0.545 bits per heavy atom. The normalized spacial score (nSPS) is 10.7. The number of rotatable bonds is 8. The molecule has 0 heterocycles. The number of phenolic OH excluding ortho intramolecular Hbond substituents is 1. The van der Waals surface area contributed by atoms with Crippen LogP contribution in [0.2, 0.25) is 0 Å². The number of hydrogen-bond donors (Lipinski definition) is 1. The maximum atomic E-state index is 11.3. The van der Waals surface area contributed by atoms with Gasteiger partial charge in [-0.05, 0) is 12.2 Å². The van der Waals surface area contributed by atoms with E-state index in [0.717, 1.165) is 0 Å². The van der Waals surface area contributed by atoms with E-state index >= 15 is 0 Å². The second-order valence-electron chi connectivity index (χ2n) is 5.80. The molecule has 19 nitrogen and oxygen atoms in total. The van der Waals surface area contributed by atoms with Crippen molar-refractivity contribution < 1.29 is 34.6 Å². The zero-order chi connectivity index (χ0) is 25.2. The maximum Gasteiger partial charge on any atom is 0.332 e. The molecule has 0 amide bonds. The van der Waals surface area contributed by atoms with Crippen molar-refractivity contribution in [1.29, 1.82) is 0 Å². The first-order chi connectivity index (χ1) is 15.3. The molecule has 0 unspecified atom stereocenters. The predicted octanol–water partition coefficient (Wildman–Crippen LogP) is 3.01. The fraction of sp³-hybridized carbons (Fsp3) is 0. The number of non-ortho nitro benzene ring substituents is 1. The number of nitro groups is 6. The van der Waals surface area contributed by atoms with Gasteiger partial charge in [-0.2, -0.15) is 0 Å². The van der Waals surface area contributed by atoms with Gasteiger partial charge in [0.05, 0.1) is 47.7 Å². The van der Waals surface area contributed by atoms with Crippen LogP contribution in [0.3, 0.4) is 0 Å². The molecule has 19 heteroatoms. The molecular weight excluding hydrogens is 460 g/mol. The minimum absolute atomic E-state index is 0.181. The lowest BCUT2D eigenvalue weighted by Crippen LogP contribution is -2.02. The van der Waals surface area contributed by atoms with Gasteiger partial charge in [0.2, 0.25) is 0 Å². The fourth-order valence-corrected chi connectivity index (χ4v) is 2.64. The molecule has 2 rings (SSSR count). The van der Waals surface area contributed by atoms with E-state index in [1.807, 2.05) is 0 Å². The summed E-state index contributed by atoms with van der Waals surface area (Å²) in [5.74, 6) is -1.58. The summed E-state index contributed by atoms with van der Waals surface area (Å²) in [5, 5.41) is 77.0. The van der Waals surface area contributed by atoms with Crippen LogP contribution in [0.1, 0.15) is 11.1 Å². The average molecular weight is 466 g/mol. The smallest absolute Gasteiger partial charge is 0.332 e. The summed E-state index contributed by atoms with van der Waals surface area (Å²) in [6.07, 6.45) is 0.849. The van der Waals surface area contributed by atoms with Crippen LogP contribution in [0.5, 0.6) is 5.75 Å². The van der Waals surface area contributed by atoms with Crippen molar-refractivity contribution in [3.63, 3.8) is 0 Å². The van der Waals surface area contributed by atoms with Gasteiger partial charge in [0.1, 0.15) is 11.1 Å². The highest BCUT2D eigenvalue weighted by Gasteiger charge is 2.36. The van der Waals surface area contributed by atoms with Gasteiger partial charge in [-0.1, -0.05) is 0 Å². The van der Waals surface area contributed by atoms with Crippen molar-refractivity contribution in [2.24, 2.45) is 0 Å². The predicted molar refractivity (Wildman–Crippen MR) is 103 cm³/mol. The molecule has 33 heavy (non-hydrogen) atoms. The largest absolute Gasteiger partial charge is 0.497 e. The molecular formula is C14H6N6O13. The molecule has 0 fully saturated rings. The maximum absolute atomic E-state index is 11.3. The van der Waals surface area contributed by atoms with Crippen LogP contribution in [-0.2, 0) is 0 Å². The summed E-state index contributed by atoms with van der Waals surface area (Å²) in [5.41, 5.74) is -9.64. The molecule has 170 valence electrons. The van der Waals surface area contributed by atoms with E-state index in [0.29, 0.717) is 24.3 Å². The van der Waals surface area contributed by atoms with Crippen molar-refractivity contribution in [1.82, 2.24) is 0 Å². The highest BCUT2D eigenvalue weighted by atomic mass is 16.6. The van der Waals surface area contributed by atoms with Crippen LogP contribution in [0.25, 0.3) is 12.2 Å². The highest BCUT2D eigenvalue weighted by molar-refractivity contribution is 5.88. The standard InChI is InChI=1S/C14H6N6O13/c21-14-12(19(30)31)5-11(18(28)29)8(13(14)20(32)33)2-1-7-9(16(24)25)3-6(15(22)23)4-10(7)17(26)27/h1-5,21H. The van der Waals surface area contributed by atoms with E-state index in [2.05, 4.69) is 0 Å². The van der Waals surface area contributed by atoms with Crippen molar-refractivity contribution >= 4 is 46.3 Å². The highest BCUT2D eigenvalue weighted by Crippen LogP contribution is 2.45. The molecule has 0 spiro atoms. The van der Waals surface area contributed by atoms with Gasteiger partial charge in [-0.15, -0.1) is 0 Å². The lowest BCUT2D eigenvalue weighted by molar-refractivity contribution is -0.404. The summed E-state index contributed by atoms with van der Waals surface area (Å²) >= 11 is 0. The van der Waals surface area contributed by atoms with E-state index in [1.165, 1.54) is 0 Å². The van der Waals surface area contributed by atoms with E-state index in [-0.39, 0.29) is 6.07 Å². The third kappa shape index (κ3) is 4.45. The third-order valence-corrected chi connectivity index (χ3v) is 3.99. The Morgan fingerprint density at radius 2 is 0.939 bits per heavy atom. The van der Waals surface area contributed by atoms with Crippen molar-refractivity contribution in [2.45, 2.75) is 0 Å². The Balaban J connectivity index is 2.95. The lowest BCUT2D eigenvalue weighted by atomic mass is 10.0. The Labute approximate surface area is 177 Å². The minimum Gasteiger partial charge on any atom is -0.497 e. The SMILES string of the molecule is O=[N+]([O-])c1cc([N+](=O)[O-])c(C=Cc2c([N+](=O)[O-])cc([N+](=O)[O-])c(O)c2[N+](=O)[O-])c([N+](=O)[O-])c1. The van der Waals surface area contributed by atoms with Gasteiger partial charge in [-0.3, -0.25) is 60.7 Å². The van der Waals surface area contributed by atoms with Crippen LogP contribution in [0, 0.1) is 60.7 Å². The van der Waals surface area contributed by atoms with Crippen LogP contribution in [0.15, 0.2) is 18.2 Å². The second kappa shape index (κ2) is 8.63. The molecule has 0 aliphatic carbocycles. The Kier molecular flexibility index (Phi) is 6.18. The van der Waals surface area contributed by atoms with Gasteiger partial charge in [0.15, 0.2) is 0 Å². The van der Waals surface area contributed by atoms with E-state index in [4.69, 9.17) is 0 Å². The number of hydrogen-bond acceptors (Lipinski definition) is 13. The molecule has 0 saturated heterocycles. The molecule has 0 aliphatic heterocycles. The molecule has 0 aromatic heterocycles. The van der Waals surface area contributed by atoms with E-state index < -0.39 is 80.5 Å². The number of aromatic hydroxyl groups is 1. The summed E-state index contributed by atoms with van der Waals surface area (Å²) < 4.78 is 0. The average Bonchev–Trinajstić information content (AvgIpc) is 2.70. The van der Waals surface area contributed by atoms with Gasteiger partial charge in [0.25, 0.3) is 28.5 Å². The van der Waals surface area contributed by atoms with Crippen molar-refractivity contribution in [3.8, 4) is 5.75 Å². The Morgan fingerprint density at radius 3 is 1.30 bits per heavy atom. The molecule has 0 aliphatic rings. The fourth-order valence-electron chi connectivity index (χ4n) is 2.64. The second-order valence-corrected chi connectivity index (χ2v) is 5.80. The first-order valence-electron chi connectivity index (χ1n) is 7.90. The number of nitro benzene ring substituents is 6. The molecule has 0 saturated carbocycles. The molecule has 0 atom stereocenters. The quantitative estimate of drug-likeness (QED) is 0.333. The molecule has 0 bridgehead atoms. The zero-order valence-corrected chi connectivity index (χ0v) is 15.4. The van der Waals surface area contributed by atoms with Crippen LogP contribution < -0.4 is 0 Å². The monoisotopic (exact) mass is 466 g/mol. The Bertz CT molecular complexity index is 1270. The minimum atomic E-state index is -1.58. The van der Waals surface area contributed by atoms with Gasteiger partial charge >= 0.3 is 11.4 Å². The number of nitrogens with zero attached hydrogens (tertiary/aromatic N) is 6. The summed E-state index contributed by atoms with van der Waals surface area (Å²) in [7, 11) is 0. The van der Waals surface area contributed by atoms with Crippen molar-refractivity contribution in [3.05, 3.63) is 90.0 Å². The van der Waals surface area contributed by atoms with E-state index in [9.17, 15) is 65.8 Å². The third-order valence-electron chi connectivity index (χ3n) is 3.99. The molecule has 2 aromatic rings. The van der Waals surface area contributed by atoms with Crippen LogP contribution in [-0.4, -0.2) is 34.6 Å². The summed E-state index contributed by atoms with van der Waals surface area (Å²) in [6.45, 7) is 0. The van der Waals surface area contributed by atoms with Gasteiger partial charge in [-0.25, -0.2) is 0 Å². The number of phenols is 1. The number of benzene rings is 2. The first-order valence-corrected chi connectivity index (χ1v) is 7.90. The summed E-state index contributed by atoms with van der Waals surface area (Å²) in [6, 6.07) is 0.881.